The van der Waals surface area contributed by atoms with Crippen LogP contribution in [0.1, 0.15) is 22.3 Å². The maximum Gasteiger partial charge on any atom is 0.260 e. The largest absolute Gasteiger partial charge is 0.497 e. The molecular weight excluding hydrogens is 410 g/mol. The molecule has 0 aliphatic heterocycles. The number of anilines is 1. The highest BCUT2D eigenvalue weighted by Crippen LogP contribution is 2.36. The van der Waals surface area contributed by atoms with E-state index in [0.717, 1.165) is 35.5 Å². The Morgan fingerprint density at radius 3 is 2.55 bits per heavy atom. The number of nitrogens with zero attached hydrogens (tertiary/aromatic N) is 3. The molecule has 0 bridgehead atoms. The quantitative estimate of drug-likeness (QED) is 0.482. The molecule has 164 valence electrons. The van der Waals surface area contributed by atoms with Crippen LogP contribution >= 0.6 is 11.3 Å². The molecule has 0 aliphatic rings. The van der Waals surface area contributed by atoms with Crippen LogP contribution in [0.5, 0.6) is 11.5 Å². The molecule has 0 unspecified atom stereocenters. The van der Waals surface area contributed by atoms with Gasteiger partial charge in [0.25, 0.3) is 5.91 Å². The summed E-state index contributed by atoms with van der Waals surface area (Å²) in [5.41, 5.74) is 3.31. The first kappa shape index (κ1) is 22.8. The summed E-state index contributed by atoms with van der Waals surface area (Å²) in [6, 6.07) is 13.3. The predicted octanol–water partition coefficient (Wildman–Crippen LogP) is 4.73. The van der Waals surface area contributed by atoms with Crippen LogP contribution in [0.15, 0.2) is 47.8 Å². The number of amides is 1. The second-order valence-corrected chi connectivity index (χ2v) is 8.40. The number of carbonyl (C=O) groups excluding carboxylic acids is 1. The van der Waals surface area contributed by atoms with Crippen LogP contribution in [-0.2, 0) is 0 Å². The number of benzene rings is 2. The smallest absolute Gasteiger partial charge is 0.260 e. The first-order chi connectivity index (χ1) is 14.9. The van der Waals surface area contributed by atoms with E-state index in [2.05, 4.69) is 4.90 Å². The van der Waals surface area contributed by atoms with Gasteiger partial charge in [0.15, 0.2) is 5.13 Å². The van der Waals surface area contributed by atoms with E-state index in [1.165, 1.54) is 11.3 Å². The van der Waals surface area contributed by atoms with Gasteiger partial charge in [0.05, 0.1) is 19.9 Å². The van der Waals surface area contributed by atoms with Crippen molar-refractivity contribution in [1.29, 1.82) is 0 Å². The molecule has 31 heavy (non-hydrogen) atoms. The van der Waals surface area contributed by atoms with Crippen molar-refractivity contribution < 1.29 is 14.3 Å². The Labute approximate surface area is 188 Å². The van der Waals surface area contributed by atoms with Gasteiger partial charge in [-0.1, -0.05) is 17.7 Å². The van der Waals surface area contributed by atoms with E-state index in [9.17, 15) is 4.79 Å². The molecule has 0 radical (unpaired) electrons. The van der Waals surface area contributed by atoms with Crippen LogP contribution in [-0.4, -0.2) is 57.2 Å². The monoisotopic (exact) mass is 439 g/mol. The summed E-state index contributed by atoms with van der Waals surface area (Å²) in [5, 5.41) is 2.62. The normalized spacial score (nSPS) is 10.9. The lowest BCUT2D eigenvalue weighted by molar-refractivity contribution is 0.0986. The molecule has 0 fully saturated rings. The van der Waals surface area contributed by atoms with E-state index >= 15 is 0 Å². The summed E-state index contributed by atoms with van der Waals surface area (Å²) < 4.78 is 10.9. The van der Waals surface area contributed by atoms with Gasteiger partial charge in [-0.3, -0.25) is 9.69 Å². The lowest BCUT2D eigenvalue weighted by Gasteiger charge is -2.21. The highest BCUT2D eigenvalue weighted by atomic mass is 32.1. The number of thiazole rings is 1. The van der Waals surface area contributed by atoms with Crippen LogP contribution < -0.4 is 14.4 Å². The van der Waals surface area contributed by atoms with E-state index in [0.29, 0.717) is 23.0 Å². The van der Waals surface area contributed by atoms with Gasteiger partial charge in [0.1, 0.15) is 11.5 Å². The standard InChI is InChI=1S/C24H29N3O3S/c1-17-8-6-9-18(14-17)23(28)27(13-7-12-26(2)3)24-25-21(16-31-24)20-15-19(29-4)10-11-22(20)30-5/h6,8-11,14-16H,7,12-13H2,1-5H3. The van der Waals surface area contributed by atoms with E-state index < -0.39 is 0 Å². The van der Waals surface area contributed by atoms with Crippen molar-refractivity contribution in [3.05, 3.63) is 59.0 Å². The number of aromatic nitrogens is 1. The summed E-state index contributed by atoms with van der Waals surface area (Å²) in [6.45, 7) is 3.47. The number of rotatable bonds is 9. The van der Waals surface area contributed by atoms with Crippen molar-refractivity contribution in [3.8, 4) is 22.8 Å². The average molecular weight is 440 g/mol. The van der Waals surface area contributed by atoms with Gasteiger partial charge >= 0.3 is 0 Å². The molecule has 0 aliphatic carbocycles. The number of methoxy groups -OCH3 is 2. The Morgan fingerprint density at radius 2 is 1.87 bits per heavy atom. The summed E-state index contributed by atoms with van der Waals surface area (Å²) in [6.07, 6.45) is 0.849. The first-order valence-electron chi connectivity index (χ1n) is 10.1. The second-order valence-electron chi connectivity index (χ2n) is 7.56. The number of hydrogen-bond donors (Lipinski definition) is 0. The lowest BCUT2D eigenvalue weighted by Crippen LogP contribution is -2.33. The minimum atomic E-state index is -0.0408. The van der Waals surface area contributed by atoms with Crippen molar-refractivity contribution in [2.45, 2.75) is 13.3 Å². The lowest BCUT2D eigenvalue weighted by atomic mass is 10.1. The van der Waals surface area contributed by atoms with Crippen LogP contribution in [0, 0.1) is 6.92 Å². The molecule has 1 heterocycles. The van der Waals surface area contributed by atoms with Crippen molar-refractivity contribution >= 4 is 22.4 Å². The van der Waals surface area contributed by atoms with E-state index in [4.69, 9.17) is 14.5 Å². The molecule has 1 aromatic heterocycles. The molecule has 1 amide bonds. The molecule has 2 aromatic carbocycles. The van der Waals surface area contributed by atoms with Gasteiger partial charge < -0.3 is 14.4 Å². The third kappa shape index (κ3) is 5.62. The van der Waals surface area contributed by atoms with Crippen molar-refractivity contribution in [2.24, 2.45) is 0 Å². The highest BCUT2D eigenvalue weighted by molar-refractivity contribution is 7.14. The molecule has 3 rings (SSSR count). The highest BCUT2D eigenvalue weighted by Gasteiger charge is 2.22. The molecule has 3 aromatic rings. The Hall–Kier alpha value is -2.90. The second kappa shape index (κ2) is 10.4. The maximum atomic E-state index is 13.4. The molecule has 7 heteroatoms. The van der Waals surface area contributed by atoms with Gasteiger partial charge in [0, 0.05) is 23.1 Å². The molecule has 0 saturated carbocycles. The zero-order valence-corrected chi connectivity index (χ0v) is 19.5. The van der Waals surface area contributed by atoms with E-state index in [-0.39, 0.29) is 5.91 Å². The average Bonchev–Trinajstić information content (AvgIpc) is 3.25. The molecule has 0 saturated heterocycles. The fourth-order valence-corrected chi connectivity index (χ4v) is 4.14. The Bertz CT molecular complexity index is 1030. The first-order valence-corrected chi connectivity index (χ1v) is 11.0. The van der Waals surface area contributed by atoms with Gasteiger partial charge in [0.2, 0.25) is 0 Å². The van der Waals surface area contributed by atoms with Gasteiger partial charge in [-0.2, -0.15) is 0 Å². The van der Waals surface area contributed by atoms with Crippen LogP contribution in [0.25, 0.3) is 11.3 Å². The topological polar surface area (TPSA) is 54.9 Å². The van der Waals surface area contributed by atoms with Gasteiger partial charge in [-0.25, -0.2) is 4.98 Å². The SMILES string of the molecule is COc1ccc(OC)c(-c2csc(N(CCCN(C)C)C(=O)c3cccc(C)c3)n2)c1. The van der Waals surface area contributed by atoms with Crippen LogP contribution in [0.2, 0.25) is 0 Å². The van der Waals surface area contributed by atoms with Crippen molar-refractivity contribution in [1.82, 2.24) is 9.88 Å². The summed E-state index contributed by atoms with van der Waals surface area (Å²) in [7, 11) is 7.32. The Morgan fingerprint density at radius 1 is 1.06 bits per heavy atom. The van der Waals surface area contributed by atoms with Crippen LogP contribution in [0.3, 0.4) is 0 Å². The molecule has 0 atom stereocenters. The third-order valence-electron chi connectivity index (χ3n) is 4.90. The zero-order chi connectivity index (χ0) is 22.4. The molecule has 6 nitrogen and oxygen atoms in total. The zero-order valence-electron chi connectivity index (χ0n) is 18.7. The third-order valence-corrected chi connectivity index (χ3v) is 5.77. The van der Waals surface area contributed by atoms with Crippen molar-refractivity contribution in [3.63, 3.8) is 0 Å². The number of carbonyl (C=O) groups is 1. The van der Waals surface area contributed by atoms with Crippen LogP contribution in [0.4, 0.5) is 5.13 Å². The fraction of sp³-hybridized carbons (Fsp3) is 0.333. The summed E-state index contributed by atoms with van der Waals surface area (Å²) in [5.74, 6) is 1.40. The molecular formula is C24H29N3O3S. The minimum Gasteiger partial charge on any atom is -0.497 e. The molecule has 0 N–H and O–H groups in total. The predicted molar refractivity (Wildman–Crippen MR) is 127 cm³/mol. The fourth-order valence-electron chi connectivity index (χ4n) is 3.29. The van der Waals surface area contributed by atoms with E-state index in [1.54, 1.807) is 19.1 Å². The van der Waals surface area contributed by atoms with E-state index in [1.807, 2.05) is 68.9 Å². The van der Waals surface area contributed by atoms with Gasteiger partial charge in [-0.05, 0) is 64.3 Å². The number of aryl methyl sites for hydroxylation is 1. The molecule has 0 spiro atoms. The van der Waals surface area contributed by atoms with Crippen molar-refractivity contribution in [2.75, 3.05) is 46.3 Å². The Kier molecular flexibility index (Phi) is 7.65. The minimum absolute atomic E-state index is 0.0408. The summed E-state index contributed by atoms with van der Waals surface area (Å²) in [4.78, 5) is 22.1. The number of ether oxygens (including phenoxy) is 2. The van der Waals surface area contributed by atoms with Gasteiger partial charge in [-0.15, -0.1) is 11.3 Å². The maximum absolute atomic E-state index is 13.4. The number of hydrogen-bond acceptors (Lipinski definition) is 6. The Balaban J connectivity index is 1.95. The summed E-state index contributed by atoms with van der Waals surface area (Å²) >= 11 is 1.46.